The molecule has 2 amide bonds. The van der Waals surface area contributed by atoms with E-state index in [0.29, 0.717) is 31.9 Å². The zero-order valence-electron chi connectivity index (χ0n) is 16.4. The van der Waals surface area contributed by atoms with Crippen LogP contribution in [0, 0.1) is 5.92 Å². The van der Waals surface area contributed by atoms with Gasteiger partial charge in [0.1, 0.15) is 5.75 Å². The standard InChI is InChI=1S/C22H27N3O3.ClH/c23-12-13-24-22(27)18-9-6-14-25(15-18)21(26)16-28-20-11-5-4-10-19(20)17-7-2-1-3-8-17;/h1-5,7-8,10-11,18H,6,9,12-16,23H2,(H,24,27);1H. The van der Waals surface area contributed by atoms with Gasteiger partial charge in [0.25, 0.3) is 5.91 Å². The lowest BCUT2D eigenvalue weighted by Gasteiger charge is -2.32. The number of ether oxygens (including phenoxy) is 1. The van der Waals surface area contributed by atoms with Gasteiger partial charge in [-0.05, 0) is 24.5 Å². The van der Waals surface area contributed by atoms with Crippen molar-refractivity contribution in [3.63, 3.8) is 0 Å². The molecule has 7 heteroatoms. The fourth-order valence-electron chi connectivity index (χ4n) is 3.44. The molecule has 1 aliphatic rings. The Bertz CT molecular complexity index is 801. The van der Waals surface area contributed by atoms with E-state index in [9.17, 15) is 9.59 Å². The minimum Gasteiger partial charge on any atom is -0.483 e. The normalized spacial score (nSPS) is 15.9. The number of amides is 2. The van der Waals surface area contributed by atoms with E-state index >= 15 is 0 Å². The highest BCUT2D eigenvalue weighted by atomic mass is 35.5. The van der Waals surface area contributed by atoms with Gasteiger partial charge in [-0.25, -0.2) is 0 Å². The summed E-state index contributed by atoms with van der Waals surface area (Å²) in [7, 11) is 0. The molecule has 1 heterocycles. The molecule has 1 unspecified atom stereocenters. The predicted octanol–water partition coefficient (Wildman–Crippen LogP) is 2.47. The van der Waals surface area contributed by atoms with Gasteiger partial charge in [0.05, 0.1) is 5.92 Å². The molecule has 156 valence electrons. The van der Waals surface area contributed by atoms with Crippen molar-refractivity contribution in [2.45, 2.75) is 12.8 Å². The highest BCUT2D eigenvalue weighted by Gasteiger charge is 2.28. The lowest BCUT2D eigenvalue weighted by molar-refractivity contribution is -0.137. The van der Waals surface area contributed by atoms with Crippen molar-refractivity contribution in [3.05, 3.63) is 54.6 Å². The summed E-state index contributed by atoms with van der Waals surface area (Å²) in [6, 6.07) is 17.6. The summed E-state index contributed by atoms with van der Waals surface area (Å²) >= 11 is 0. The first-order valence-corrected chi connectivity index (χ1v) is 9.72. The zero-order chi connectivity index (χ0) is 19.8. The number of halogens is 1. The first-order valence-electron chi connectivity index (χ1n) is 9.72. The molecule has 1 saturated heterocycles. The Morgan fingerprint density at radius 2 is 1.83 bits per heavy atom. The van der Waals surface area contributed by atoms with Crippen LogP contribution in [0.4, 0.5) is 0 Å². The Morgan fingerprint density at radius 1 is 1.10 bits per heavy atom. The summed E-state index contributed by atoms with van der Waals surface area (Å²) in [6.45, 7) is 1.92. The number of carbonyl (C=O) groups is 2. The molecule has 3 N–H and O–H groups in total. The molecule has 0 bridgehead atoms. The SMILES string of the molecule is Cl.NCCNC(=O)C1CCCN(C(=O)COc2ccccc2-c2ccccc2)C1. The Balaban J connectivity index is 0.00000300. The summed E-state index contributed by atoms with van der Waals surface area (Å²) in [6.07, 6.45) is 1.60. The quantitative estimate of drug-likeness (QED) is 0.724. The molecule has 0 radical (unpaired) electrons. The number of hydrogen-bond donors (Lipinski definition) is 2. The van der Waals surface area contributed by atoms with Crippen molar-refractivity contribution in [1.82, 2.24) is 10.2 Å². The van der Waals surface area contributed by atoms with E-state index in [4.69, 9.17) is 10.5 Å². The average molecular weight is 418 g/mol. The molecular formula is C22H28ClN3O3. The highest BCUT2D eigenvalue weighted by molar-refractivity contribution is 5.85. The first-order chi connectivity index (χ1) is 13.7. The lowest BCUT2D eigenvalue weighted by Crippen LogP contribution is -2.47. The van der Waals surface area contributed by atoms with Crippen LogP contribution in [0.25, 0.3) is 11.1 Å². The van der Waals surface area contributed by atoms with Crippen LogP contribution in [0.15, 0.2) is 54.6 Å². The molecule has 0 spiro atoms. The molecule has 2 aromatic rings. The first kappa shape index (κ1) is 22.7. The molecule has 1 fully saturated rings. The fourth-order valence-corrected chi connectivity index (χ4v) is 3.44. The number of para-hydroxylation sites is 1. The van der Waals surface area contributed by atoms with E-state index in [-0.39, 0.29) is 36.7 Å². The third-order valence-electron chi connectivity index (χ3n) is 4.91. The molecule has 1 aliphatic heterocycles. The summed E-state index contributed by atoms with van der Waals surface area (Å²) < 4.78 is 5.86. The molecule has 29 heavy (non-hydrogen) atoms. The summed E-state index contributed by atoms with van der Waals surface area (Å²) in [5.41, 5.74) is 7.43. The maximum atomic E-state index is 12.7. The Kier molecular flexibility index (Phi) is 8.96. The molecule has 3 rings (SSSR count). The van der Waals surface area contributed by atoms with Crippen LogP contribution < -0.4 is 15.8 Å². The number of benzene rings is 2. The van der Waals surface area contributed by atoms with Crippen LogP contribution in [-0.2, 0) is 9.59 Å². The molecule has 0 aromatic heterocycles. The molecule has 0 saturated carbocycles. The second kappa shape index (κ2) is 11.4. The maximum Gasteiger partial charge on any atom is 0.260 e. The molecule has 1 atom stereocenters. The zero-order valence-corrected chi connectivity index (χ0v) is 17.2. The molecule has 2 aromatic carbocycles. The largest absolute Gasteiger partial charge is 0.483 e. The van der Waals surface area contributed by atoms with Gasteiger partial charge in [-0.1, -0.05) is 48.5 Å². The number of carbonyl (C=O) groups excluding carboxylic acids is 2. The summed E-state index contributed by atoms with van der Waals surface area (Å²) in [5.74, 6) is 0.370. The number of likely N-dealkylation sites (tertiary alicyclic amines) is 1. The summed E-state index contributed by atoms with van der Waals surface area (Å²) in [5, 5.41) is 2.81. The van der Waals surface area contributed by atoms with E-state index in [1.807, 2.05) is 54.6 Å². The van der Waals surface area contributed by atoms with Crippen LogP contribution in [0.5, 0.6) is 5.75 Å². The second-order valence-corrected chi connectivity index (χ2v) is 6.91. The Morgan fingerprint density at radius 3 is 2.59 bits per heavy atom. The third kappa shape index (κ3) is 6.21. The van der Waals surface area contributed by atoms with Crippen molar-refractivity contribution in [2.24, 2.45) is 11.7 Å². The number of nitrogens with one attached hydrogen (secondary N) is 1. The average Bonchev–Trinajstić information content (AvgIpc) is 2.76. The highest BCUT2D eigenvalue weighted by Crippen LogP contribution is 2.29. The summed E-state index contributed by atoms with van der Waals surface area (Å²) in [4.78, 5) is 26.5. The van der Waals surface area contributed by atoms with Gasteiger partial charge in [0.15, 0.2) is 6.61 Å². The predicted molar refractivity (Wildman–Crippen MR) is 116 cm³/mol. The van der Waals surface area contributed by atoms with Gasteiger partial charge in [0.2, 0.25) is 5.91 Å². The van der Waals surface area contributed by atoms with Gasteiger partial charge >= 0.3 is 0 Å². The molecule has 6 nitrogen and oxygen atoms in total. The van der Waals surface area contributed by atoms with Crippen LogP contribution in [-0.4, -0.2) is 49.5 Å². The van der Waals surface area contributed by atoms with Gasteiger partial charge < -0.3 is 20.7 Å². The number of hydrogen-bond acceptors (Lipinski definition) is 4. The van der Waals surface area contributed by atoms with E-state index < -0.39 is 0 Å². The maximum absolute atomic E-state index is 12.7. The van der Waals surface area contributed by atoms with Crippen LogP contribution in [0.1, 0.15) is 12.8 Å². The second-order valence-electron chi connectivity index (χ2n) is 6.91. The van der Waals surface area contributed by atoms with E-state index in [0.717, 1.165) is 24.0 Å². The Labute approximate surface area is 177 Å². The topological polar surface area (TPSA) is 84.7 Å². The van der Waals surface area contributed by atoms with Crippen LogP contribution >= 0.6 is 12.4 Å². The van der Waals surface area contributed by atoms with E-state index in [2.05, 4.69) is 5.32 Å². The number of rotatable bonds is 7. The molecule has 0 aliphatic carbocycles. The lowest BCUT2D eigenvalue weighted by atomic mass is 9.97. The van der Waals surface area contributed by atoms with Crippen molar-refractivity contribution in [2.75, 3.05) is 32.8 Å². The van der Waals surface area contributed by atoms with Crippen molar-refractivity contribution in [1.29, 1.82) is 0 Å². The van der Waals surface area contributed by atoms with Crippen LogP contribution in [0.3, 0.4) is 0 Å². The van der Waals surface area contributed by atoms with Crippen molar-refractivity contribution >= 4 is 24.2 Å². The minimum absolute atomic E-state index is 0. The smallest absolute Gasteiger partial charge is 0.260 e. The number of nitrogens with zero attached hydrogens (tertiary/aromatic N) is 1. The van der Waals surface area contributed by atoms with E-state index in [1.165, 1.54) is 0 Å². The van der Waals surface area contributed by atoms with Gasteiger partial charge in [0, 0.05) is 31.7 Å². The van der Waals surface area contributed by atoms with Gasteiger partial charge in [-0.2, -0.15) is 0 Å². The monoisotopic (exact) mass is 417 g/mol. The molecular weight excluding hydrogens is 390 g/mol. The minimum atomic E-state index is -0.180. The fraction of sp³-hybridized carbons (Fsp3) is 0.364. The van der Waals surface area contributed by atoms with Crippen molar-refractivity contribution < 1.29 is 14.3 Å². The van der Waals surface area contributed by atoms with Gasteiger partial charge in [-0.15, -0.1) is 12.4 Å². The van der Waals surface area contributed by atoms with Crippen LogP contribution in [0.2, 0.25) is 0 Å². The number of nitrogens with two attached hydrogens (primary N) is 1. The van der Waals surface area contributed by atoms with Gasteiger partial charge in [-0.3, -0.25) is 9.59 Å². The third-order valence-corrected chi connectivity index (χ3v) is 4.91. The van der Waals surface area contributed by atoms with Crippen molar-refractivity contribution in [3.8, 4) is 16.9 Å². The Hall–Kier alpha value is -2.57. The number of piperidine rings is 1. The van der Waals surface area contributed by atoms with E-state index in [1.54, 1.807) is 4.90 Å².